The van der Waals surface area contributed by atoms with Crippen LogP contribution in [0.4, 0.5) is 0 Å². The maximum Gasteiger partial charge on any atom is 0.158 e. The van der Waals surface area contributed by atoms with Crippen LogP contribution in [0.1, 0.15) is 13.3 Å². The second kappa shape index (κ2) is 3.18. The Morgan fingerprint density at radius 3 is 2.92 bits per heavy atom. The van der Waals surface area contributed by atoms with Gasteiger partial charge >= 0.3 is 0 Å². The van der Waals surface area contributed by atoms with Crippen molar-refractivity contribution in [3.05, 3.63) is 30.7 Å². The van der Waals surface area contributed by atoms with E-state index in [0.29, 0.717) is 18.3 Å². The highest BCUT2D eigenvalue weighted by Gasteiger charge is 2.53. The number of ether oxygens (including phenoxy) is 1. The first-order chi connectivity index (χ1) is 5.69. The smallest absolute Gasteiger partial charge is 0.158 e. The maximum atomic E-state index is 6.01. The first-order valence-electron chi connectivity index (χ1n) is 4.13. The van der Waals surface area contributed by atoms with Crippen molar-refractivity contribution in [2.45, 2.75) is 18.9 Å². The molecule has 2 unspecified atom stereocenters. The average Bonchev–Trinajstić information content (AvgIpc) is 2.74. The van der Waals surface area contributed by atoms with Crippen molar-refractivity contribution in [1.29, 1.82) is 0 Å². The van der Waals surface area contributed by atoms with Crippen LogP contribution in [0.3, 0.4) is 0 Å². The Labute approximate surface area is 73.4 Å². The molecule has 1 fully saturated rings. The van der Waals surface area contributed by atoms with Crippen molar-refractivity contribution in [3.8, 4) is 0 Å². The molecule has 0 aromatic rings. The summed E-state index contributed by atoms with van der Waals surface area (Å²) in [6.45, 7) is 9.79. The van der Waals surface area contributed by atoms with Gasteiger partial charge in [0, 0.05) is 5.92 Å². The second-order valence-electron chi connectivity index (χ2n) is 3.03. The molecular weight excluding hydrogens is 150 g/mol. The zero-order valence-corrected chi connectivity index (χ0v) is 7.47. The molecule has 0 aromatic carbocycles. The molecule has 1 aliphatic carbocycles. The van der Waals surface area contributed by atoms with Gasteiger partial charge in [0.1, 0.15) is 0 Å². The molecule has 0 spiro atoms. The lowest BCUT2D eigenvalue weighted by atomic mass is 10.2. The number of nitrogens with two attached hydrogens (primary N) is 1. The summed E-state index contributed by atoms with van der Waals surface area (Å²) in [5, 5.41) is 0. The van der Waals surface area contributed by atoms with E-state index in [9.17, 15) is 0 Å². The summed E-state index contributed by atoms with van der Waals surface area (Å²) in [7, 11) is 0. The van der Waals surface area contributed by atoms with E-state index in [0.717, 1.165) is 6.42 Å². The Bertz CT molecular complexity index is 240. The van der Waals surface area contributed by atoms with E-state index in [1.165, 1.54) is 0 Å². The minimum Gasteiger partial charge on any atom is -0.488 e. The topological polar surface area (TPSA) is 35.2 Å². The third-order valence-electron chi connectivity index (χ3n) is 2.22. The zero-order chi connectivity index (χ0) is 9.19. The minimum absolute atomic E-state index is 0.327. The summed E-state index contributed by atoms with van der Waals surface area (Å²) in [5.74, 6) is 1.00. The van der Waals surface area contributed by atoms with Crippen molar-refractivity contribution < 1.29 is 4.74 Å². The standard InChI is InChI=1S/C10H15NO/c1-4-8-7-10(8,11)9(5-2)12-6-3/h4,8H,1-2,6-7,11H2,3H3. The molecule has 0 aromatic heterocycles. The Kier molecular flexibility index (Phi) is 2.41. The third kappa shape index (κ3) is 1.31. The normalized spacial score (nSPS) is 32.0. The molecule has 0 saturated heterocycles. The van der Waals surface area contributed by atoms with Gasteiger partial charge in [-0.3, -0.25) is 0 Å². The quantitative estimate of drug-likeness (QED) is 0.390. The van der Waals surface area contributed by atoms with Gasteiger partial charge in [0.05, 0.1) is 12.1 Å². The molecule has 2 heteroatoms. The molecule has 2 nitrogen and oxygen atoms in total. The van der Waals surface area contributed by atoms with Crippen LogP contribution in [0.25, 0.3) is 0 Å². The molecule has 1 aliphatic rings. The van der Waals surface area contributed by atoms with Crippen molar-refractivity contribution in [1.82, 2.24) is 0 Å². The Balaban J connectivity index is 2.69. The van der Waals surface area contributed by atoms with Crippen LogP contribution in [0.5, 0.6) is 0 Å². The fourth-order valence-electron chi connectivity index (χ4n) is 1.35. The molecule has 2 atom stereocenters. The summed E-state index contributed by atoms with van der Waals surface area (Å²) in [5.41, 5.74) is 8.39. The van der Waals surface area contributed by atoms with Crippen molar-refractivity contribution in [2.24, 2.45) is 11.7 Å². The van der Waals surface area contributed by atoms with Gasteiger partial charge in [0.15, 0.2) is 5.76 Å². The van der Waals surface area contributed by atoms with Crippen molar-refractivity contribution in [2.75, 3.05) is 6.61 Å². The number of rotatable bonds is 4. The van der Waals surface area contributed by atoms with Gasteiger partial charge in [0.25, 0.3) is 0 Å². The van der Waals surface area contributed by atoms with Crippen LogP contribution in [0, 0.1) is 5.92 Å². The van der Waals surface area contributed by atoms with Crippen LogP contribution in [0.2, 0.25) is 0 Å². The monoisotopic (exact) mass is 165 g/mol. The first-order valence-corrected chi connectivity index (χ1v) is 4.13. The summed E-state index contributed by atoms with van der Waals surface area (Å²) in [6.07, 6.45) is 2.75. The molecule has 0 bridgehead atoms. The molecule has 1 rings (SSSR count). The summed E-state index contributed by atoms with van der Waals surface area (Å²) < 4.78 is 5.32. The molecule has 0 heterocycles. The summed E-state index contributed by atoms with van der Waals surface area (Å²) in [4.78, 5) is 0. The first kappa shape index (κ1) is 9.11. The minimum atomic E-state index is -0.362. The molecular formula is C10H15NO. The fourth-order valence-corrected chi connectivity index (χ4v) is 1.35. The van der Waals surface area contributed by atoms with Crippen LogP contribution in [-0.4, -0.2) is 12.1 Å². The largest absolute Gasteiger partial charge is 0.488 e. The van der Waals surface area contributed by atoms with Gasteiger partial charge in [-0.1, -0.05) is 18.4 Å². The van der Waals surface area contributed by atoms with Gasteiger partial charge in [-0.25, -0.2) is 0 Å². The SMILES string of the molecule is C=C=C(OCC)C1(N)CC1C=C. The van der Waals surface area contributed by atoms with Gasteiger partial charge in [-0.05, 0) is 13.3 Å². The Morgan fingerprint density at radius 1 is 1.92 bits per heavy atom. The average molecular weight is 165 g/mol. The molecule has 66 valence electrons. The van der Waals surface area contributed by atoms with Crippen molar-refractivity contribution >= 4 is 0 Å². The van der Waals surface area contributed by atoms with Crippen LogP contribution in [-0.2, 0) is 4.74 Å². The Morgan fingerprint density at radius 2 is 2.58 bits per heavy atom. The predicted octanol–water partition coefficient (Wildman–Crippen LogP) is 1.60. The molecule has 0 aliphatic heterocycles. The number of hydrogen-bond donors (Lipinski definition) is 1. The van der Waals surface area contributed by atoms with Gasteiger partial charge in [-0.15, -0.1) is 6.58 Å². The zero-order valence-electron chi connectivity index (χ0n) is 7.47. The van der Waals surface area contributed by atoms with E-state index in [1.54, 1.807) is 0 Å². The van der Waals surface area contributed by atoms with Crippen LogP contribution >= 0.6 is 0 Å². The molecule has 0 amide bonds. The fraction of sp³-hybridized carbons (Fsp3) is 0.500. The number of hydrogen-bond acceptors (Lipinski definition) is 2. The van der Waals surface area contributed by atoms with E-state index in [-0.39, 0.29) is 5.54 Å². The molecule has 0 radical (unpaired) electrons. The lowest BCUT2D eigenvalue weighted by Crippen LogP contribution is -2.28. The van der Waals surface area contributed by atoms with Gasteiger partial charge in [-0.2, -0.15) is 0 Å². The van der Waals surface area contributed by atoms with Crippen LogP contribution < -0.4 is 5.73 Å². The van der Waals surface area contributed by atoms with E-state index in [4.69, 9.17) is 10.5 Å². The van der Waals surface area contributed by atoms with Gasteiger partial charge in [0.2, 0.25) is 0 Å². The third-order valence-corrected chi connectivity index (χ3v) is 2.22. The summed E-state index contributed by atoms with van der Waals surface area (Å²) in [6, 6.07) is 0. The Hall–Kier alpha value is -0.980. The highest BCUT2D eigenvalue weighted by Crippen LogP contribution is 2.47. The van der Waals surface area contributed by atoms with E-state index in [1.807, 2.05) is 13.0 Å². The molecule has 12 heavy (non-hydrogen) atoms. The highest BCUT2D eigenvalue weighted by molar-refractivity contribution is 5.29. The van der Waals surface area contributed by atoms with Gasteiger partial charge < -0.3 is 10.5 Å². The lowest BCUT2D eigenvalue weighted by Gasteiger charge is -2.13. The summed E-state index contributed by atoms with van der Waals surface area (Å²) >= 11 is 0. The van der Waals surface area contributed by atoms with E-state index < -0.39 is 0 Å². The van der Waals surface area contributed by atoms with Crippen molar-refractivity contribution in [3.63, 3.8) is 0 Å². The van der Waals surface area contributed by atoms with E-state index in [2.05, 4.69) is 18.9 Å². The second-order valence-corrected chi connectivity index (χ2v) is 3.03. The highest BCUT2D eigenvalue weighted by atomic mass is 16.5. The lowest BCUT2D eigenvalue weighted by molar-refractivity contribution is 0.203. The van der Waals surface area contributed by atoms with Crippen LogP contribution in [0.15, 0.2) is 30.7 Å². The maximum absolute atomic E-state index is 6.01. The molecule has 2 N–H and O–H groups in total. The van der Waals surface area contributed by atoms with E-state index >= 15 is 0 Å². The predicted molar refractivity (Wildman–Crippen MR) is 49.5 cm³/mol. The molecule has 1 saturated carbocycles.